The maximum atomic E-state index is 9.68. The summed E-state index contributed by atoms with van der Waals surface area (Å²) in [6.45, 7) is 1.86. The first kappa shape index (κ1) is 12.3. The zero-order valence-electron chi connectivity index (χ0n) is 9.48. The molecule has 1 aliphatic heterocycles. The fourth-order valence-electron chi connectivity index (χ4n) is 1.71. The minimum absolute atomic E-state index is 0.0608. The molecular weight excluding hydrogens is 224 g/mol. The van der Waals surface area contributed by atoms with Gasteiger partial charge in [0.1, 0.15) is 24.1 Å². The second-order valence-electron chi connectivity index (χ2n) is 4.18. The highest BCUT2D eigenvalue weighted by Crippen LogP contribution is 2.21. The molecule has 5 heteroatoms. The molecule has 1 aliphatic rings. The van der Waals surface area contributed by atoms with Crippen LogP contribution in [-0.4, -0.2) is 46.5 Å². The van der Waals surface area contributed by atoms with Gasteiger partial charge in [0, 0.05) is 0 Å². The average Bonchev–Trinajstić information content (AvgIpc) is 2.30. The van der Waals surface area contributed by atoms with Crippen molar-refractivity contribution in [1.29, 1.82) is 0 Å². The van der Waals surface area contributed by atoms with E-state index in [1.54, 1.807) is 12.1 Å². The van der Waals surface area contributed by atoms with Crippen LogP contribution in [0.15, 0.2) is 24.3 Å². The van der Waals surface area contributed by atoms with E-state index < -0.39 is 24.6 Å². The van der Waals surface area contributed by atoms with E-state index in [0.717, 1.165) is 5.56 Å². The standard InChI is InChI=1S/C12H16O5/c1-7-3-2-4-8(5-7)17-12-11(15)10(14)9(13)6-16-12/h2-5,9-15H,6H2,1H3/t9-,10+,11+,12+/m0/s1. The van der Waals surface area contributed by atoms with Gasteiger partial charge in [-0.25, -0.2) is 0 Å². The summed E-state index contributed by atoms with van der Waals surface area (Å²) in [4.78, 5) is 0. The maximum absolute atomic E-state index is 9.68. The summed E-state index contributed by atoms with van der Waals surface area (Å²) in [6.07, 6.45) is -4.56. The van der Waals surface area contributed by atoms with Gasteiger partial charge in [0.2, 0.25) is 6.29 Å². The van der Waals surface area contributed by atoms with E-state index in [4.69, 9.17) is 9.47 Å². The summed E-state index contributed by atoms with van der Waals surface area (Å²) in [7, 11) is 0. The lowest BCUT2D eigenvalue weighted by Crippen LogP contribution is -2.54. The molecule has 0 amide bonds. The van der Waals surface area contributed by atoms with Crippen LogP contribution in [0.4, 0.5) is 0 Å². The lowest BCUT2D eigenvalue weighted by atomic mass is 10.1. The molecule has 3 N–H and O–H groups in total. The van der Waals surface area contributed by atoms with Crippen molar-refractivity contribution in [2.45, 2.75) is 31.5 Å². The van der Waals surface area contributed by atoms with Crippen LogP contribution in [0, 0.1) is 6.92 Å². The quantitative estimate of drug-likeness (QED) is 0.668. The van der Waals surface area contributed by atoms with Gasteiger partial charge in [0.05, 0.1) is 6.61 Å². The van der Waals surface area contributed by atoms with Crippen molar-refractivity contribution in [3.05, 3.63) is 29.8 Å². The number of benzene rings is 1. The fraction of sp³-hybridized carbons (Fsp3) is 0.500. The summed E-state index contributed by atoms with van der Waals surface area (Å²) in [5.74, 6) is 0.553. The molecule has 1 aromatic rings. The Morgan fingerprint density at radius 3 is 2.71 bits per heavy atom. The number of aliphatic hydroxyl groups excluding tert-OH is 3. The summed E-state index contributed by atoms with van der Waals surface area (Å²) in [5, 5.41) is 28.5. The van der Waals surface area contributed by atoms with E-state index in [1.165, 1.54) is 0 Å². The second-order valence-corrected chi connectivity index (χ2v) is 4.18. The fourth-order valence-corrected chi connectivity index (χ4v) is 1.71. The van der Waals surface area contributed by atoms with Gasteiger partial charge >= 0.3 is 0 Å². The Kier molecular flexibility index (Phi) is 3.63. The molecule has 2 rings (SSSR count). The van der Waals surface area contributed by atoms with Crippen molar-refractivity contribution >= 4 is 0 Å². The van der Waals surface area contributed by atoms with Crippen LogP contribution < -0.4 is 4.74 Å². The molecule has 1 aromatic carbocycles. The van der Waals surface area contributed by atoms with Crippen LogP contribution in [0.5, 0.6) is 5.75 Å². The van der Waals surface area contributed by atoms with E-state index in [0.29, 0.717) is 5.75 Å². The molecule has 1 heterocycles. The topological polar surface area (TPSA) is 79.2 Å². The van der Waals surface area contributed by atoms with Gasteiger partial charge < -0.3 is 24.8 Å². The molecule has 0 aromatic heterocycles. The van der Waals surface area contributed by atoms with Gasteiger partial charge in [0.25, 0.3) is 0 Å². The highest BCUT2D eigenvalue weighted by atomic mass is 16.7. The lowest BCUT2D eigenvalue weighted by molar-refractivity contribution is -0.242. The van der Waals surface area contributed by atoms with Crippen molar-refractivity contribution < 1.29 is 24.8 Å². The SMILES string of the molecule is Cc1cccc(O[C@H]2OC[C@H](O)[C@@H](O)[C@H]2O)c1. The zero-order chi connectivity index (χ0) is 12.4. The van der Waals surface area contributed by atoms with E-state index >= 15 is 0 Å². The first-order valence-corrected chi connectivity index (χ1v) is 5.47. The first-order chi connectivity index (χ1) is 8.08. The van der Waals surface area contributed by atoms with Crippen molar-refractivity contribution in [3.63, 3.8) is 0 Å². The third kappa shape index (κ3) is 2.76. The first-order valence-electron chi connectivity index (χ1n) is 5.47. The average molecular weight is 240 g/mol. The highest BCUT2D eigenvalue weighted by molar-refractivity contribution is 5.27. The Morgan fingerprint density at radius 2 is 2.00 bits per heavy atom. The van der Waals surface area contributed by atoms with Gasteiger partial charge in [0.15, 0.2) is 0 Å². The number of aliphatic hydroxyl groups is 3. The molecule has 94 valence electrons. The van der Waals surface area contributed by atoms with Crippen molar-refractivity contribution in [2.24, 2.45) is 0 Å². The molecule has 4 atom stereocenters. The number of aryl methyl sites for hydroxylation is 1. The van der Waals surface area contributed by atoms with E-state index in [1.807, 2.05) is 19.1 Å². The van der Waals surface area contributed by atoms with Crippen molar-refractivity contribution in [1.82, 2.24) is 0 Å². The molecule has 0 saturated carbocycles. The lowest BCUT2D eigenvalue weighted by Gasteiger charge is -2.34. The summed E-state index contributed by atoms with van der Waals surface area (Å²) in [6, 6.07) is 7.28. The molecule has 1 saturated heterocycles. The molecule has 1 fully saturated rings. The molecule has 17 heavy (non-hydrogen) atoms. The summed E-state index contributed by atoms with van der Waals surface area (Å²) < 4.78 is 10.6. The predicted molar refractivity (Wildman–Crippen MR) is 59.6 cm³/mol. The monoisotopic (exact) mass is 240 g/mol. The Bertz CT molecular complexity index is 381. The zero-order valence-corrected chi connectivity index (χ0v) is 9.48. The highest BCUT2D eigenvalue weighted by Gasteiger charge is 2.38. The molecule has 5 nitrogen and oxygen atoms in total. The normalized spacial score (nSPS) is 33.4. The van der Waals surface area contributed by atoms with Crippen LogP contribution in [-0.2, 0) is 4.74 Å². The Morgan fingerprint density at radius 1 is 1.24 bits per heavy atom. The number of hydrogen-bond donors (Lipinski definition) is 3. The van der Waals surface area contributed by atoms with Crippen LogP contribution >= 0.6 is 0 Å². The maximum Gasteiger partial charge on any atom is 0.228 e. The smallest absolute Gasteiger partial charge is 0.228 e. The van der Waals surface area contributed by atoms with Gasteiger partial charge in [-0.15, -0.1) is 0 Å². The molecule has 0 aliphatic carbocycles. The van der Waals surface area contributed by atoms with Gasteiger partial charge in [-0.1, -0.05) is 12.1 Å². The van der Waals surface area contributed by atoms with Crippen LogP contribution in [0.1, 0.15) is 5.56 Å². The van der Waals surface area contributed by atoms with Crippen LogP contribution in [0.3, 0.4) is 0 Å². The van der Waals surface area contributed by atoms with Gasteiger partial charge in [-0.05, 0) is 24.6 Å². The molecule has 0 spiro atoms. The largest absolute Gasteiger partial charge is 0.462 e. The number of rotatable bonds is 2. The third-order valence-corrected chi connectivity index (χ3v) is 2.70. The molecule has 0 radical (unpaired) electrons. The summed E-state index contributed by atoms with van der Waals surface area (Å²) in [5.41, 5.74) is 1.02. The van der Waals surface area contributed by atoms with E-state index in [2.05, 4.69) is 0 Å². The van der Waals surface area contributed by atoms with Crippen LogP contribution in [0.2, 0.25) is 0 Å². The number of hydrogen-bond acceptors (Lipinski definition) is 5. The number of ether oxygens (including phenoxy) is 2. The van der Waals surface area contributed by atoms with Gasteiger partial charge in [-0.2, -0.15) is 0 Å². The molecule has 0 bridgehead atoms. The van der Waals surface area contributed by atoms with Gasteiger partial charge in [-0.3, -0.25) is 0 Å². The Hall–Kier alpha value is -1.14. The summed E-state index contributed by atoms with van der Waals surface area (Å²) >= 11 is 0. The van der Waals surface area contributed by atoms with Crippen molar-refractivity contribution in [2.75, 3.05) is 6.61 Å². The predicted octanol–water partition coefficient (Wildman–Crippen LogP) is -0.187. The van der Waals surface area contributed by atoms with E-state index in [-0.39, 0.29) is 6.61 Å². The van der Waals surface area contributed by atoms with Crippen LogP contribution in [0.25, 0.3) is 0 Å². The van der Waals surface area contributed by atoms with Crippen molar-refractivity contribution in [3.8, 4) is 5.75 Å². The molecular formula is C12H16O5. The minimum Gasteiger partial charge on any atom is -0.462 e. The van der Waals surface area contributed by atoms with E-state index in [9.17, 15) is 15.3 Å². The Balaban J connectivity index is 2.04. The third-order valence-electron chi connectivity index (χ3n) is 2.70. The minimum atomic E-state index is -1.26. The second kappa shape index (κ2) is 5.01. The Labute approximate surface area is 99.2 Å². The molecule has 0 unspecified atom stereocenters.